The number of anilines is 1. The highest BCUT2D eigenvalue weighted by Gasteiger charge is 2.27. The largest absolute Gasteiger partial charge is 0.381 e. The molecule has 1 aliphatic heterocycles. The van der Waals surface area contributed by atoms with Crippen LogP contribution in [-0.4, -0.2) is 29.7 Å². The van der Waals surface area contributed by atoms with Gasteiger partial charge in [0.25, 0.3) is 0 Å². The summed E-state index contributed by atoms with van der Waals surface area (Å²) in [5.74, 6) is 0.736. The molecule has 0 aliphatic carbocycles. The Bertz CT molecular complexity index is 353. The van der Waals surface area contributed by atoms with Crippen molar-refractivity contribution in [2.24, 2.45) is 5.41 Å². The molecule has 16 heavy (non-hydrogen) atoms. The number of nitrogens with zero attached hydrogens (tertiary/aromatic N) is 2. The molecular weight excluding hydrogens is 226 g/mol. The summed E-state index contributed by atoms with van der Waals surface area (Å²) in [5.41, 5.74) is 0.280. The van der Waals surface area contributed by atoms with Gasteiger partial charge in [-0.1, -0.05) is 18.5 Å². The van der Waals surface area contributed by atoms with Crippen LogP contribution in [0.5, 0.6) is 0 Å². The molecule has 0 amide bonds. The predicted octanol–water partition coefficient (Wildman–Crippen LogP) is 2.36. The fourth-order valence-corrected chi connectivity index (χ4v) is 1.92. The summed E-state index contributed by atoms with van der Waals surface area (Å²) < 4.78 is 5.36. The normalized spacial score (nSPS) is 19.4. The van der Waals surface area contributed by atoms with Crippen LogP contribution in [0.2, 0.25) is 5.15 Å². The van der Waals surface area contributed by atoms with E-state index in [9.17, 15) is 0 Å². The van der Waals surface area contributed by atoms with E-state index in [-0.39, 0.29) is 5.41 Å². The first-order valence-electron chi connectivity index (χ1n) is 5.47. The number of hydrogen-bond donors (Lipinski definition) is 1. The van der Waals surface area contributed by atoms with E-state index in [1.165, 1.54) is 6.20 Å². The van der Waals surface area contributed by atoms with E-state index in [4.69, 9.17) is 16.3 Å². The van der Waals surface area contributed by atoms with Crippen LogP contribution in [0, 0.1) is 5.41 Å². The van der Waals surface area contributed by atoms with Crippen molar-refractivity contribution in [1.29, 1.82) is 0 Å². The van der Waals surface area contributed by atoms with Crippen molar-refractivity contribution in [1.82, 2.24) is 9.97 Å². The van der Waals surface area contributed by atoms with Gasteiger partial charge in [-0.15, -0.1) is 0 Å². The summed E-state index contributed by atoms with van der Waals surface area (Å²) in [5, 5.41) is 3.70. The molecule has 0 spiro atoms. The maximum atomic E-state index is 5.77. The zero-order valence-corrected chi connectivity index (χ0v) is 10.1. The molecule has 0 radical (unpaired) electrons. The molecule has 88 valence electrons. The summed E-state index contributed by atoms with van der Waals surface area (Å²) in [6.45, 7) is 4.84. The average Bonchev–Trinajstić information content (AvgIpc) is 2.28. The van der Waals surface area contributed by atoms with Gasteiger partial charge in [0.1, 0.15) is 11.0 Å². The smallest absolute Gasteiger partial charge is 0.149 e. The summed E-state index contributed by atoms with van der Waals surface area (Å²) in [6, 6.07) is 0. The Balaban J connectivity index is 1.91. The quantitative estimate of drug-likeness (QED) is 0.883. The molecule has 1 aromatic heterocycles. The molecule has 0 saturated carbocycles. The van der Waals surface area contributed by atoms with Gasteiger partial charge in [0.05, 0.1) is 12.4 Å². The number of aromatic nitrogens is 2. The lowest BCUT2D eigenvalue weighted by Gasteiger charge is -2.33. The molecule has 4 nitrogen and oxygen atoms in total. The highest BCUT2D eigenvalue weighted by Crippen LogP contribution is 2.29. The van der Waals surface area contributed by atoms with E-state index in [2.05, 4.69) is 22.2 Å². The van der Waals surface area contributed by atoms with Gasteiger partial charge in [0, 0.05) is 19.8 Å². The number of nitrogens with one attached hydrogen (secondary N) is 1. The fraction of sp³-hybridized carbons (Fsp3) is 0.636. The van der Waals surface area contributed by atoms with Crippen LogP contribution in [0.1, 0.15) is 19.8 Å². The molecule has 2 rings (SSSR count). The van der Waals surface area contributed by atoms with E-state index in [1.54, 1.807) is 6.20 Å². The molecule has 0 atom stereocenters. The van der Waals surface area contributed by atoms with E-state index in [0.717, 1.165) is 38.4 Å². The Morgan fingerprint density at radius 2 is 2.19 bits per heavy atom. The summed E-state index contributed by atoms with van der Waals surface area (Å²) in [7, 11) is 0. The van der Waals surface area contributed by atoms with E-state index in [1.807, 2.05) is 0 Å². The Morgan fingerprint density at radius 1 is 1.44 bits per heavy atom. The molecule has 5 heteroatoms. The van der Waals surface area contributed by atoms with Gasteiger partial charge in [0.2, 0.25) is 0 Å². The molecule has 1 N–H and O–H groups in total. The lowest BCUT2D eigenvalue weighted by atomic mass is 9.82. The van der Waals surface area contributed by atoms with Crippen LogP contribution >= 0.6 is 11.6 Å². The molecule has 1 fully saturated rings. The predicted molar refractivity (Wildman–Crippen MR) is 63.7 cm³/mol. The third-order valence-electron chi connectivity index (χ3n) is 3.00. The Morgan fingerprint density at radius 3 is 2.88 bits per heavy atom. The lowest BCUT2D eigenvalue weighted by Crippen LogP contribution is -2.33. The third-order valence-corrected chi connectivity index (χ3v) is 3.18. The van der Waals surface area contributed by atoms with Crippen molar-refractivity contribution in [3.05, 3.63) is 17.5 Å². The van der Waals surface area contributed by atoms with Crippen LogP contribution in [0.3, 0.4) is 0 Å². The second-order valence-electron chi connectivity index (χ2n) is 4.50. The van der Waals surface area contributed by atoms with Crippen molar-refractivity contribution < 1.29 is 4.74 Å². The van der Waals surface area contributed by atoms with Crippen molar-refractivity contribution in [3.63, 3.8) is 0 Å². The van der Waals surface area contributed by atoms with Gasteiger partial charge in [-0.05, 0) is 18.3 Å². The molecule has 0 bridgehead atoms. The fourth-order valence-electron chi connectivity index (χ4n) is 1.77. The summed E-state index contributed by atoms with van der Waals surface area (Å²) in [6.07, 6.45) is 5.37. The first-order valence-corrected chi connectivity index (χ1v) is 5.85. The SMILES string of the molecule is CC1(CNc2cncc(Cl)n2)CCOCC1. The lowest BCUT2D eigenvalue weighted by molar-refractivity contribution is 0.0300. The van der Waals surface area contributed by atoms with Crippen molar-refractivity contribution >= 4 is 17.4 Å². The van der Waals surface area contributed by atoms with Crippen LogP contribution in [0.15, 0.2) is 12.4 Å². The van der Waals surface area contributed by atoms with E-state index in [0.29, 0.717) is 5.15 Å². The van der Waals surface area contributed by atoms with Gasteiger partial charge in [-0.3, -0.25) is 4.98 Å². The average molecular weight is 242 g/mol. The minimum atomic E-state index is 0.280. The molecule has 1 aliphatic rings. The number of ether oxygens (including phenoxy) is 1. The monoisotopic (exact) mass is 241 g/mol. The maximum Gasteiger partial charge on any atom is 0.149 e. The standard InChI is InChI=1S/C11H16ClN3O/c1-11(2-4-16-5-3-11)8-14-10-7-13-6-9(12)15-10/h6-7H,2-5,8H2,1H3,(H,14,15). The Labute approximate surface area is 100 Å². The topological polar surface area (TPSA) is 47.0 Å². The number of hydrogen-bond acceptors (Lipinski definition) is 4. The van der Waals surface area contributed by atoms with Crippen LogP contribution in [0.4, 0.5) is 5.82 Å². The van der Waals surface area contributed by atoms with Gasteiger partial charge >= 0.3 is 0 Å². The molecule has 0 aromatic carbocycles. The van der Waals surface area contributed by atoms with E-state index >= 15 is 0 Å². The van der Waals surface area contributed by atoms with Crippen LogP contribution in [-0.2, 0) is 4.74 Å². The summed E-state index contributed by atoms with van der Waals surface area (Å²) in [4.78, 5) is 8.14. The van der Waals surface area contributed by atoms with Crippen LogP contribution < -0.4 is 5.32 Å². The number of halogens is 1. The Kier molecular flexibility index (Phi) is 3.61. The minimum Gasteiger partial charge on any atom is -0.381 e. The molecule has 1 saturated heterocycles. The van der Waals surface area contributed by atoms with Crippen molar-refractivity contribution in [2.75, 3.05) is 25.1 Å². The van der Waals surface area contributed by atoms with Gasteiger partial charge in [0.15, 0.2) is 0 Å². The van der Waals surface area contributed by atoms with Crippen molar-refractivity contribution in [3.8, 4) is 0 Å². The zero-order chi connectivity index (χ0) is 11.4. The first-order chi connectivity index (χ1) is 7.68. The highest BCUT2D eigenvalue weighted by molar-refractivity contribution is 6.29. The minimum absolute atomic E-state index is 0.280. The van der Waals surface area contributed by atoms with Crippen LogP contribution in [0.25, 0.3) is 0 Å². The van der Waals surface area contributed by atoms with Gasteiger partial charge in [-0.25, -0.2) is 4.98 Å². The maximum absolute atomic E-state index is 5.77. The number of rotatable bonds is 3. The molecule has 0 unspecified atom stereocenters. The Hall–Kier alpha value is -0.870. The van der Waals surface area contributed by atoms with Crippen molar-refractivity contribution in [2.45, 2.75) is 19.8 Å². The molecular formula is C11H16ClN3O. The second-order valence-corrected chi connectivity index (χ2v) is 4.89. The highest BCUT2D eigenvalue weighted by atomic mass is 35.5. The molecule has 2 heterocycles. The molecule has 1 aromatic rings. The summed E-state index contributed by atoms with van der Waals surface area (Å²) >= 11 is 5.77. The van der Waals surface area contributed by atoms with Gasteiger partial charge < -0.3 is 10.1 Å². The zero-order valence-electron chi connectivity index (χ0n) is 9.37. The van der Waals surface area contributed by atoms with Gasteiger partial charge in [-0.2, -0.15) is 0 Å². The van der Waals surface area contributed by atoms with E-state index < -0.39 is 0 Å². The third kappa shape index (κ3) is 3.06. The second kappa shape index (κ2) is 4.97. The first kappa shape index (κ1) is 11.6.